The van der Waals surface area contributed by atoms with Crippen LogP contribution in [-0.2, 0) is 25.2 Å². The van der Waals surface area contributed by atoms with Crippen molar-refractivity contribution in [1.82, 2.24) is 9.97 Å². The Bertz CT molecular complexity index is 965. The van der Waals surface area contributed by atoms with Gasteiger partial charge in [-0.3, -0.25) is 0 Å². The minimum absolute atomic E-state index is 0.365. The van der Waals surface area contributed by atoms with Crippen LogP contribution < -0.4 is 0 Å². The first-order valence-electron chi connectivity index (χ1n) is 9.38. The quantitative estimate of drug-likeness (QED) is 0.428. The SMILES string of the molecule is FC(F)(F)c1ccc(-c2nc3c(nc2-c2ccc(C(F)(F)F)cc2)CCCC3)cc1. The predicted molar refractivity (Wildman–Crippen MR) is 99.6 cm³/mol. The smallest absolute Gasteiger partial charge is 0.249 e. The second-order valence-corrected chi connectivity index (χ2v) is 7.17. The Balaban J connectivity index is 1.83. The summed E-state index contributed by atoms with van der Waals surface area (Å²) in [7, 11) is 0. The molecule has 0 amide bonds. The van der Waals surface area contributed by atoms with E-state index in [4.69, 9.17) is 0 Å². The van der Waals surface area contributed by atoms with E-state index in [1.54, 1.807) is 0 Å². The normalized spacial score (nSPS) is 14.5. The van der Waals surface area contributed by atoms with Crippen LogP contribution in [0, 0.1) is 0 Å². The van der Waals surface area contributed by atoms with E-state index in [0.29, 0.717) is 35.4 Å². The zero-order valence-corrected chi connectivity index (χ0v) is 15.6. The first-order chi connectivity index (χ1) is 14.1. The Morgan fingerprint density at radius 3 is 1.17 bits per heavy atom. The molecule has 1 aliphatic rings. The fraction of sp³-hybridized carbons (Fsp3) is 0.273. The van der Waals surface area contributed by atoms with Crippen molar-refractivity contribution < 1.29 is 26.3 Å². The molecule has 0 aliphatic heterocycles. The highest BCUT2D eigenvalue weighted by Crippen LogP contribution is 2.36. The second kappa shape index (κ2) is 7.41. The molecule has 2 aromatic carbocycles. The summed E-state index contributed by atoms with van der Waals surface area (Å²) >= 11 is 0. The zero-order valence-electron chi connectivity index (χ0n) is 15.6. The van der Waals surface area contributed by atoms with Gasteiger partial charge in [0.05, 0.1) is 33.9 Å². The average Bonchev–Trinajstić information content (AvgIpc) is 2.72. The molecule has 0 saturated heterocycles. The van der Waals surface area contributed by atoms with E-state index in [1.807, 2.05) is 0 Å². The minimum atomic E-state index is -4.46. The Labute approximate surface area is 168 Å². The van der Waals surface area contributed by atoms with Crippen LogP contribution in [0.4, 0.5) is 26.3 Å². The molecule has 0 bridgehead atoms. The van der Waals surface area contributed by atoms with Gasteiger partial charge in [-0.05, 0) is 49.9 Å². The molecule has 0 fully saturated rings. The Hall–Kier alpha value is -2.90. The van der Waals surface area contributed by atoms with Crippen molar-refractivity contribution in [2.45, 2.75) is 38.0 Å². The van der Waals surface area contributed by atoms with E-state index in [1.165, 1.54) is 24.3 Å². The number of hydrogen-bond acceptors (Lipinski definition) is 2. The summed E-state index contributed by atoms with van der Waals surface area (Å²) in [5, 5.41) is 0. The van der Waals surface area contributed by atoms with Crippen LogP contribution >= 0.6 is 0 Å². The molecule has 1 heterocycles. The Kier molecular flexibility index (Phi) is 5.03. The minimum Gasteiger partial charge on any atom is -0.249 e. The zero-order chi connectivity index (χ0) is 21.5. The average molecular weight is 422 g/mol. The topological polar surface area (TPSA) is 25.8 Å². The molecule has 0 N–H and O–H groups in total. The number of rotatable bonds is 2. The van der Waals surface area contributed by atoms with Gasteiger partial charge in [-0.25, -0.2) is 9.97 Å². The summed E-state index contributed by atoms with van der Waals surface area (Å²) in [6.45, 7) is 0. The van der Waals surface area contributed by atoms with Crippen molar-refractivity contribution in [2.75, 3.05) is 0 Å². The first kappa shape index (κ1) is 20.4. The number of alkyl halides is 6. The van der Waals surface area contributed by atoms with Crippen LogP contribution in [0.25, 0.3) is 22.5 Å². The summed E-state index contributed by atoms with van der Waals surface area (Å²) in [5.41, 5.74) is 1.59. The van der Waals surface area contributed by atoms with Crippen molar-refractivity contribution in [3.05, 3.63) is 71.0 Å². The summed E-state index contributed by atoms with van der Waals surface area (Å²) < 4.78 is 77.4. The van der Waals surface area contributed by atoms with Crippen LogP contribution in [0.3, 0.4) is 0 Å². The van der Waals surface area contributed by atoms with Crippen molar-refractivity contribution in [1.29, 1.82) is 0 Å². The van der Waals surface area contributed by atoms with Crippen LogP contribution in [0.5, 0.6) is 0 Å². The van der Waals surface area contributed by atoms with Crippen LogP contribution in [-0.4, -0.2) is 9.97 Å². The maximum atomic E-state index is 12.9. The Morgan fingerprint density at radius 1 is 0.533 bits per heavy atom. The van der Waals surface area contributed by atoms with E-state index in [-0.39, 0.29) is 0 Å². The number of fused-ring (bicyclic) bond motifs is 1. The van der Waals surface area contributed by atoms with Crippen molar-refractivity contribution in [3.63, 3.8) is 0 Å². The van der Waals surface area contributed by atoms with Gasteiger partial charge in [-0.1, -0.05) is 24.3 Å². The second-order valence-electron chi connectivity index (χ2n) is 7.17. The Morgan fingerprint density at radius 2 is 0.867 bits per heavy atom. The molecule has 156 valence electrons. The van der Waals surface area contributed by atoms with Gasteiger partial charge in [-0.15, -0.1) is 0 Å². The number of benzene rings is 2. The van der Waals surface area contributed by atoms with Gasteiger partial charge >= 0.3 is 12.4 Å². The predicted octanol–water partition coefficient (Wildman–Crippen LogP) is 6.73. The van der Waals surface area contributed by atoms with Crippen molar-refractivity contribution >= 4 is 0 Å². The summed E-state index contributed by atoms with van der Waals surface area (Å²) in [6.07, 6.45) is -5.62. The van der Waals surface area contributed by atoms with Gasteiger partial charge < -0.3 is 0 Å². The molecule has 4 rings (SSSR count). The lowest BCUT2D eigenvalue weighted by Gasteiger charge is -2.18. The number of aromatic nitrogens is 2. The third kappa shape index (κ3) is 4.04. The first-order valence-corrected chi connectivity index (χ1v) is 9.38. The van der Waals surface area contributed by atoms with E-state index < -0.39 is 23.5 Å². The molecule has 8 heteroatoms. The van der Waals surface area contributed by atoms with E-state index in [2.05, 4.69) is 9.97 Å². The molecular weight excluding hydrogens is 406 g/mol. The molecule has 0 radical (unpaired) electrons. The molecule has 2 nitrogen and oxygen atoms in total. The van der Waals surface area contributed by atoms with Crippen molar-refractivity contribution in [3.8, 4) is 22.5 Å². The standard InChI is InChI=1S/C22H16F6N2/c23-21(24,25)15-9-5-13(6-10-15)19-20(30-18-4-2-1-3-17(18)29-19)14-7-11-16(12-8-14)22(26,27)28/h5-12H,1-4H2. The summed E-state index contributed by atoms with van der Waals surface area (Å²) in [5.74, 6) is 0. The highest BCUT2D eigenvalue weighted by molar-refractivity contribution is 5.78. The highest BCUT2D eigenvalue weighted by atomic mass is 19.4. The number of aryl methyl sites for hydroxylation is 2. The number of nitrogens with zero attached hydrogens (tertiary/aromatic N) is 2. The third-order valence-corrected chi connectivity index (χ3v) is 5.10. The van der Waals surface area contributed by atoms with Crippen molar-refractivity contribution in [2.24, 2.45) is 0 Å². The molecule has 0 spiro atoms. The van der Waals surface area contributed by atoms with E-state index in [0.717, 1.165) is 48.5 Å². The van der Waals surface area contributed by atoms with Gasteiger partial charge in [0.1, 0.15) is 0 Å². The largest absolute Gasteiger partial charge is 0.416 e. The lowest BCUT2D eigenvalue weighted by molar-refractivity contribution is -0.138. The fourth-order valence-corrected chi connectivity index (χ4v) is 3.53. The number of halogens is 6. The van der Waals surface area contributed by atoms with Crippen LogP contribution in [0.1, 0.15) is 35.4 Å². The molecule has 0 atom stereocenters. The fourth-order valence-electron chi connectivity index (χ4n) is 3.53. The van der Waals surface area contributed by atoms with Crippen LogP contribution in [0.2, 0.25) is 0 Å². The maximum absolute atomic E-state index is 12.9. The van der Waals surface area contributed by atoms with Crippen LogP contribution in [0.15, 0.2) is 48.5 Å². The van der Waals surface area contributed by atoms with Gasteiger partial charge in [0.15, 0.2) is 0 Å². The highest BCUT2D eigenvalue weighted by Gasteiger charge is 2.31. The summed E-state index contributed by atoms with van der Waals surface area (Å²) in [4.78, 5) is 9.31. The molecule has 30 heavy (non-hydrogen) atoms. The van der Waals surface area contributed by atoms with E-state index in [9.17, 15) is 26.3 Å². The molecule has 1 aliphatic carbocycles. The molecule has 0 saturated carbocycles. The van der Waals surface area contributed by atoms with Gasteiger partial charge in [0.2, 0.25) is 0 Å². The maximum Gasteiger partial charge on any atom is 0.416 e. The molecule has 3 aromatic rings. The lowest BCUT2D eigenvalue weighted by Crippen LogP contribution is -2.11. The lowest BCUT2D eigenvalue weighted by atomic mass is 9.97. The molecule has 0 unspecified atom stereocenters. The number of hydrogen-bond donors (Lipinski definition) is 0. The monoisotopic (exact) mass is 422 g/mol. The van der Waals surface area contributed by atoms with Gasteiger partial charge in [0.25, 0.3) is 0 Å². The van der Waals surface area contributed by atoms with Gasteiger partial charge in [0, 0.05) is 11.1 Å². The molecular formula is C22H16F6N2. The molecule has 1 aromatic heterocycles. The van der Waals surface area contributed by atoms with E-state index >= 15 is 0 Å². The summed E-state index contributed by atoms with van der Waals surface area (Å²) in [6, 6.07) is 9.12. The van der Waals surface area contributed by atoms with Gasteiger partial charge in [-0.2, -0.15) is 26.3 Å². The third-order valence-electron chi connectivity index (χ3n) is 5.10.